The summed E-state index contributed by atoms with van der Waals surface area (Å²) in [6, 6.07) is 10.4. The number of nitrogens with one attached hydrogen (secondary N) is 1. The quantitative estimate of drug-likeness (QED) is 0.826. The molecule has 4 heteroatoms. The van der Waals surface area contributed by atoms with Gasteiger partial charge in [-0.2, -0.15) is 0 Å². The van der Waals surface area contributed by atoms with Crippen LogP contribution in [0.4, 0.5) is 5.82 Å². The van der Waals surface area contributed by atoms with Gasteiger partial charge in [0.25, 0.3) is 0 Å². The normalized spacial score (nSPS) is 10.8. The fraction of sp³-hybridized carbons (Fsp3) is 0.375. The van der Waals surface area contributed by atoms with Gasteiger partial charge < -0.3 is 5.32 Å². The Morgan fingerprint density at radius 1 is 1.15 bits per heavy atom. The number of aromatic nitrogens is 2. The number of rotatable bonds is 5. The summed E-state index contributed by atoms with van der Waals surface area (Å²) in [5.41, 5.74) is 2.13. The molecule has 0 spiro atoms. The average molecular weight is 287 g/mol. The Morgan fingerprint density at radius 3 is 2.40 bits per heavy atom. The van der Waals surface area contributed by atoms with E-state index >= 15 is 0 Å². The van der Waals surface area contributed by atoms with Gasteiger partial charge in [-0.25, -0.2) is 9.97 Å². The van der Waals surface area contributed by atoms with Gasteiger partial charge in [0.1, 0.15) is 5.82 Å². The van der Waals surface area contributed by atoms with Crippen LogP contribution in [0.1, 0.15) is 32.4 Å². The number of hydrogen-bond acceptors (Lipinski definition) is 4. The largest absolute Gasteiger partial charge is 0.370 e. The molecule has 3 nitrogen and oxygen atoms in total. The van der Waals surface area contributed by atoms with Crippen molar-refractivity contribution in [3.8, 4) is 11.4 Å². The standard InChI is InChI=1S/C16H21N3S/c1-5-17-15-10-14(11(2)3)18-16(19-15)12-6-8-13(20-4)9-7-12/h6-11H,5H2,1-4H3,(H,17,18,19). The molecular weight excluding hydrogens is 266 g/mol. The number of thioether (sulfide) groups is 1. The number of nitrogens with zero attached hydrogens (tertiary/aromatic N) is 2. The van der Waals surface area contributed by atoms with Crippen LogP contribution in [0.3, 0.4) is 0 Å². The van der Waals surface area contributed by atoms with E-state index in [1.165, 1.54) is 4.90 Å². The number of hydrogen-bond donors (Lipinski definition) is 1. The van der Waals surface area contributed by atoms with Crippen LogP contribution in [-0.2, 0) is 0 Å². The predicted octanol–water partition coefficient (Wildman–Crippen LogP) is 4.42. The molecule has 1 aromatic heterocycles. The fourth-order valence-electron chi connectivity index (χ4n) is 1.90. The molecule has 0 saturated heterocycles. The summed E-state index contributed by atoms with van der Waals surface area (Å²) >= 11 is 1.74. The second kappa shape index (κ2) is 6.75. The van der Waals surface area contributed by atoms with Gasteiger partial charge >= 0.3 is 0 Å². The van der Waals surface area contributed by atoms with Crippen LogP contribution in [0.2, 0.25) is 0 Å². The third-order valence-electron chi connectivity index (χ3n) is 3.04. The lowest BCUT2D eigenvalue weighted by Crippen LogP contribution is -2.05. The van der Waals surface area contributed by atoms with Crippen molar-refractivity contribution in [1.29, 1.82) is 0 Å². The summed E-state index contributed by atoms with van der Waals surface area (Å²) in [5, 5.41) is 3.28. The molecule has 0 amide bonds. The molecular formula is C16H21N3S. The topological polar surface area (TPSA) is 37.8 Å². The van der Waals surface area contributed by atoms with Gasteiger partial charge in [-0.3, -0.25) is 0 Å². The van der Waals surface area contributed by atoms with Crippen molar-refractivity contribution in [1.82, 2.24) is 9.97 Å². The molecule has 0 fully saturated rings. The molecule has 1 heterocycles. The molecule has 1 aromatic carbocycles. The maximum absolute atomic E-state index is 4.68. The SMILES string of the molecule is CCNc1cc(C(C)C)nc(-c2ccc(SC)cc2)n1. The van der Waals surface area contributed by atoms with E-state index in [2.05, 4.69) is 66.6 Å². The summed E-state index contributed by atoms with van der Waals surface area (Å²) in [6.07, 6.45) is 2.08. The monoisotopic (exact) mass is 287 g/mol. The van der Waals surface area contributed by atoms with Gasteiger partial charge in [0.2, 0.25) is 0 Å². The molecule has 0 saturated carbocycles. The molecule has 2 rings (SSSR count). The Morgan fingerprint density at radius 2 is 1.85 bits per heavy atom. The highest BCUT2D eigenvalue weighted by molar-refractivity contribution is 7.98. The minimum atomic E-state index is 0.389. The van der Waals surface area contributed by atoms with Gasteiger partial charge in [-0.1, -0.05) is 26.0 Å². The molecule has 0 aliphatic heterocycles. The molecule has 0 bridgehead atoms. The van der Waals surface area contributed by atoms with Gasteiger partial charge in [0.15, 0.2) is 5.82 Å². The van der Waals surface area contributed by atoms with Crippen LogP contribution in [0.15, 0.2) is 35.2 Å². The first kappa shape index (κ1) is 14.9. The van der Waals surface area contributed by atoms with Crippen LogP contribution in [0.25, 0.3) is 11.4 Å². The maximum atomic E-state index is 4.68. The van der Waals surface area contributed by atoms with Crippen LogP contribution >= 0.6 is 11.8 Å². The number of anilines is 1. The molecule has 0 aliphatic carbocycles. The minimum Gasteiger partial charge on any atom is -0.370 e. The zero-order chi connectivity index (χ0) is 14.5. The summed E-state index contributed by atoms with van der Waals surface area (Å²) in [5.74, 6) is 2.08. The molecule has 0 aliphatic rings. The van der Waals surface area contributed by atoms with Crippen molar-refractivity contribution >= 4 is 17.6 Å². The van der Waals surface area contributed by atoms with E-state index in [0.29, 0.717) is 5.92 Å². The highest BCUT2D eigenvalue weighted by Gasteiger charge is 2.09. The van der Waals surface area contributed by atoms with Crippen LogP contribution in [0, 0.1) is 0 Å². The zero-order valence-electron chi connectivity index (χ0n) is 12.5. The molecule has 20 heavy (non-hydrogen) atoms. The van der Waals surface area contributed by atoms with Gasteiger partial charge in [0.05, 0.1) is 0 Å². The smallest absolute Gasteiger partial charge is 0.161 e. The van der Waals surface area contributed by atoms with E-state index in [1.54, 1.807) is 11.8 Å². The summed E-state index contributed by atoms with van der Waals surface area (Å²) in [7, 11) is 0. The van der Waals surface area contributed by atoms with Crippen molar-refractivity contribution in [2.75, 3.05) is 18.1 Å². The summed E-state index contributed by atoms with van der Waals surface area (Å²) in [6.45, 7) is 7.24. The average Bonchev–Trinajstić information content (AvgIpc) is 2.47. The van der Waals surface area contributed by atoms with E-state index in [1.807, 2.05) is 6.07 Å². The van der Waals surface area contributed by atoms with Crippen LogP contribution in [0.5, 0.6) is 0 Å². The van der Waals surface area contributed by atoms with Crippen molar-refractivity contribution in [2.45, 2.75) is 31.6 Å². The maximum Gasteiger partial charge on any atom is 0.161 e. The first-order valence-corrected chi connectivity index (χ1v) is 8.13. The fourth-order valence-corrected chi connectivity index (χ4v) is 2.31. The Labute approximate surface area is 125 Å². The first-order valence-electron chi connectivity index (χ1n) is 6.91. The van der Waals surface area contributed by atoms with Crippen molar-refractivity contribution in [3.63, 3.8) is 0 Å². The lowest BCUT2D eigenvalue weighted by atomic mass is 10.1. The first-order chi connectivity index (χ1) is 9.63. The van der Waals surface area contributed by atoms with Gasteiger partial charge in [-0.15, -0.1) is 11.8 Å². The third-order valence-corrected chi connectivity index (χ3v) is 3.79. The van der Waals surface area contributed by atoms with E-state index in [0.717, 1.165) is 29.4 Å². The van der Waals surface area contributed by atoms with E-state index < -0.39 is 0 Å². The Kier molecular flexibility index (Phi) is 5.01. The highest BCUT2D eigenvalue weighted by Crippen LogP contribution is 2.24. The van der Waals surface area contributed by atoms with Crippen molar-refractivity contribution in [3.05, 3.63) is 36.0 Å². The lowest BCUT2D eigenvalue weighted by molar-refractivity contribution is 0.817. The summed E-state index contributed by atoms with van der Waals surface area (Å²) < 4.78 is 0. The molecule has 0 atom stereocenters. The van der Waals surface area contributed by atoms with E-state index in [9.17, 15) is 0 Å². The Bertz CT molecular complexity index is 564. The van der Waals surface area contributed by atoms with Crippen LogP contribution in [-0.4, -0.2) is 22.8 Å². The van der Waals surface area contributed by atoms with E-state index in [-0.39, 0.29) is 0 Å². The molecule has 2 aromatic rings. The zero-order valence-corrected chi connectivity index (χ0v) is 13.3. The van der Waals surface area contributed by atoms with Crippen molar-refractivity contribution < 1.29 is 0 Å². The van der Waals surface area contributed by atoms with Crippen molar-refractivity contribution in [2.24, 2.45) is 0 Å². The Hall–Kier alpha value is -1.55. The summed E-state index contributed by atoms with van der Waals surface area (Å²) in [4.78, 5) is 10.5. The second-order valence-corrected chi connectivity index (χ2v) is 5.79. The Balaban J connectivity index is 2.42. The lowest BCUT2D eigenvalue weighted by Gasteiger charge is -2.11. The molecule has 0 radical (unpaired) electrons. The van der Waals surface area contributed by atoms with Gasteiger partial charge in [-0.05, 0) is 31.2 Å². The van der Waals surface area contributed by atoms with Crippen LogP contribution < -0.4 is 5.32 Å². The van der Waals surface area contributed by atoms with Gasteiger partial charge in [0, 0.05) is 28.8 Å². The predicted molar refractivity (Wildman–Crippen MR) is 87.5 cm³/mol. The van der Waals surface area contributed by atoms with E-state index in [4.69, 9.17) is 0 Å². The molecule has 106 valence electrons. The second-order valence-electron chi connectivity index (χ2n) is 4.92. The minimum absolute atomic E-state index is 0.389. The molecule has 1 N–H and O–H groups in total. The number of benzene rings is 1. The highest BCUT2D eigenvalue weighted by atomic mass is 32.2. The molecule has 0 unspecified atom stereocenters. The third kappa shape index (κ3) is 3.51.